The van der Waals surface area contributed by atoms with E-state index in [-0.39, 0.29) is 24.6 Å². The minimum atomic E-state index is -0.233. The molecule has 2 atom stereocenters. The van der Waals surface area contributed by atoms with E-state index < -0.39 is 0 Å². The molecule has 1 saturated heterocycles. The molecule has 2 rings (SSSR count). The van der Waals surface area contributed by atoms with Crippen LogP contribution in [0.5, 0.6) is 0 Å². The standard InChI is InChI=1S/C13H20N4O2/c1-2-10(9-18)16-12(19)11-5-3-8-17(11)13-14-6-4-7-15-13/h4,6-7,10-11,18H,2-3,5,8-9H2,1H3,(H,16,19)/t10-,11?/m1/s1. The third kappa shape index (κ3) is 3.20. The minimum Gasteiger partial charge on any atom is -0.394 e. The van der Waals surface area contributed by atoms with E-state index >= 15 is 0 Å². The second-order valence-corrected chi connectivity index (χ2v) is 4.70. The molecule has 2 N–H and O–H groups in total. The van der Waals surface area contributed by atoms with E-state index in [0.29, 0.717) is 5.95 Å². The molecule has 0 spiro atoms. The highest BCUT2D eigenvalue weighted by Gasteiger charge is 2.32. The van der Waals surface area contributed by atoms with E-state index in [4.69, 9.17) is 5.11 Å². The van der Waals surface area contributed by atoms with E-state index in [1.165, 1.54) is 0 Å². The van der Waals surface area contributed by atoms with Crippen molar-refractivity contribution in [2.45, 2.75) is 38.3 Å². The smallest absolute Gasteiger partial charge is 0.243 e. The van der Waals surface area contributed by atoms with Gasteiger partial charge >= 0.3 is 0 Å². The summed E-state index contributed by atoms with van der Waals surface area (Å²) < 4.78 is 0. The van der Waals surface area contributed by atoms with Gasteiger partial charge in [-0.3, -0.25) is 4.79 Å². The van der Waals surface area contributed by atoms with Crippen molar-refractivity contribution in [1.29, 1.82) is 0 Å². The Hall–Kier alpha value is -1.69. The topological polar surface area (TPSA) is 78.4 Å². The molecule has 1 aliphatic rings. The van der Waals surface area contributed by atoms with Crippen LogP contribution in [0.2, 0.25) is 0 Å². The quantitative estimate of drug-likeness (QED) is 0.801. The summed E-state index contributed by atoms with van der Waals surface area (Å²) in [6, 6.07) is 1.35. The Morgan fingerprint density at radius 3 is 2.95 bits per heavy atom. The lowest BCUT2D eigenvalue weighted by molar-refractivity contribution is -0.123. The summed E-state index contributed by atoms with van der Waals surface area (Å²) in [5, 5.41) is 12.0. The lowest BCUT2D eigenvalue weighted by atomic mass is 10.1. The zero-order valence-electron chi connectivity index (χ0n) is 11.1. The molecule has 0 aliphatic carbocycles. The van der Waals surface area contributed by atoms with Crippen molar-refractivity contribution in [2.24, 2.45) is 0 Å². The van der Waals surface area contributed by atoms with E-state index in [1.54, 1.807) is 18.5 Å². The fraction of sp³-hybridized carbons (Fsp3) is 0.615. The first-order chi connectivity index (χ1) is 9.26. The molecule has 1 aromatic rings. The van der Waals surface area contributed by atoms with Crippen LogP contribution in [-0.2, 0) is 4.79 Å². The summed E-state index contributed by atoms with van der Waals surface area (Å²) in [5.74, 6) is 0.544. The van der Waals surface area contributed by atoms with Crippen LogP contribution in [0.1, 0.15) is 26.2 Å². The minimum absolute atomic E-state index is 0.0310. The maximum atomic E-state index is 12.2. The normalized spacial score (nSPS) is 20.3. The average molecular weight is 264 g/mol. The van der Waals surface area contributed by atoms with Gasteiger partial charge in [-0.2, -0.15) is 0 Å². The maximum Gasteiger partial charge on any atom is 0.243 e. The number of aliphatic hydroxyl groups excluding tert-OH is 1. The summed E-state index contributed by atoms with van der Waals surface area (Å²) in [6.45, 7) is 2.70. The molecule has 1 amide bonds. The summed E-state index contributed by atoms with van der Waals surface area (Å²) in [7, 11) is 0. The van der Waals surface area contributed by atoms with E-state index in [0.717, 1.165) is 25.8 Å². The third-order valence-corrected chi connectivity index (χ3v) is 3.42. The zero-order valence-corrected chi connectivity index (χ0v) is 11.1. The Labute approximate surface area is 112 Å². The van der Waals surface area contributed by atoms with Gasteiger partial charge in [0.05, 0.1) is 12.6 Å². The molecular formula is C13H20N4O2. The SMILES string of the molecule is CC[C@H](CO)NC(=O)C1CCCN1c1ncccn1. The number of amides is 1. The lowest BCUT2D eigenvalue weighted by Crippen LogP contribution is -2.48. The van der Waals surface area contributed by atoms with Gasteiger partial charge in [0.1, 0.15) is 6.04 Å². The first-order valence-corrected chi connectivity index (χ1v) is 6.71. The monoisotopic (exact) mass is 264 g/mol. The summed E-state index contributed by atoms with van der Waals surface area (Å²) >= 11 is 0. The van der Waals surface area contributed by atoms with Crippen molar-refractivity contribution in [3.63, 3.8) is 0 Å². The summed E-state index contributed by atoms with van der Waals surface area (Å²) in [6.07, 6.45) is 5.82. The number of aliphatic hydroxyl groups is 1. The van der Waals surface area contributed by atoms with Crippen molar-refractivity contribution >= 4 is 11.9 Å². The van der Waals surface area contributed by atoms with Crippen LogP contribution in [-0.4, -0.2) is 46.2 Å². The molecule has 1 aliphatic heterocycles. The molecule has 2 heterocycles. The van der Waals surface area contributed by atoms with Crippen LogP contribution in [0.3, 0.4) is 0 Å². The number of rotatable bonds is 5. The van der Waals surface area contributed by atoms with Crippen molar-refractivity contribution < 1.29 is 9.90 Å². The second kappa shape index (κ2) is 6.47. The van der Waals surface area contributed by atoms with Gasteiger partial charge in [0.25, 0.3) is 0 Å². The van der Waals surface area contributed by atoms with Crippen molar-refractivity contribution in [3.8, 4) is 0 Å². The number of hydrogen-bond donors (Lipinski definition) is 2. The maximum absolute atomic E-state index is 12.2. The van der Waals surface area contributed by atoms with Gasteiger partial charge in [-0.05, 0) is 25.3 Å². The molecule has 0 aromatic carbocycles. The van der Waals surface area contributed by atoms with Crippen LogP contribution in [0, 0.1) is 0 Å². The third-order valence-electron chi connectivity index (χ3n) is 3.42. The predicted octanol–water partition coefficient (Wildman–Crippen LogP) is 0.332. The van der Waals surface area contributed by atoms with Crippen LogP contribution < -0.4 is 10.2 Å². The fourth-order valence-electron chi connectivity index (χ4n) is 2.29. The number of carbonyl (C=O) groups is 1. The molecule has 1 aromatic heterocycles. The number of anilines is 1. The largest absolute Gasteiger partial charge is 0.394 e. The highest BCUT2D eigenvalue weighted by atomic mass is 16.3. The Morgan fingerprint density at radius 1 is 1.58 bits per heavy atom. The number of nitrogens with zero attached hydrogens (tertiary/aromatic N) is 3. The molecule has 6 heteroatoms. The Bertz CT molecular complexity index is 408. The fourth-order valence-corrected chi connectivity index (χ4v) is 2.29. The van der Waals surface area contributed by atoms with Crippen molar-refractivity contribution in [3.05, 3.63) is 18.5 Å². The van der Waals surface area contributed by atoms with Gasteiger partial charge < -0.3 is 15.3 Å². The van der Waals surface area contributed by atoms with E-state index in [1.807, 2.05) is 11.8 Å². The number of aromatic nitrogens is 2. The molecule has 19 heavy (non-hydrogen) atoms. The van der Waals surface area contributed by atoms with Crippen molar-refractivity contribution in [1.82, 2.24) is 15.3 Å². The molecule has 0 radical (unpaired) electrons. The number of carbonyl (C=O) groups excluding carboxylic acids is 1. The van der Waals surface area contributed by atoms with Gasteiger partial charge in [-0.15, -0.1) is 0 Å². The predicted molar refractivity (Wildman–Crippen MR) is 71.7 cm³/mol. The molecule has 0 saturated carbocycles. The van der Waals surface area contributed by atoms with Gasteiger partial charge in [0.2, 0.25) is 11.9 Å². The van der Waals surface area contributed by atoms with Gasteiger partial charge in [0.15, 0.2) is 0 Å². The van der Waals surface area contributed by atoms with E-state index in [2.05, 4.69) is 15.3 Å². The first kappa shape index (κ1) is 13.7. The van der Waals surface area contributed by atoms with Crippen molar-refractivity contribution in [2.75, 3.05) is 18.1 Å². The van der Waals surface area contributed by atoms with Crippen LogP contribution in [0.4, 0.5) is 5.95 Å². The van der Waals surface area contributed by atoms with Crippen LogP contribution in [0.15, 0.2) is 18.5 Å². The number of hydrogen-bond acceptors (Lipinski definition) is 5. The molecule has 6 nitrogen and oxygen atoms in total. The van der Waals surface area contributed by atoms with Gasteiger partial charge in [-0.25, -0.2) is 9.97 Å². The molecule has 1 unspecified atom stereocenters. The molecular weight excluding hydrogens is 244 g/mol. The summed E-state index contributed by atoms with van der Waals surface area (Å²) in [4.78, 5) is 22.6. The zero-order chi connectivity index (χ0) is 13.7. The second-order valence-electron chi connectivity index (χ2n) is 4.70. The number of nitrogens with one attached hydrogen (secondary N) is 1. The lowest BCUT2D eigenvalue weighted by Gasteiger charge is -2.25. The van der Waals surface area contributed by atoms with Gasteiger partial charge in [-0.1, -0.05) is 6.92 Å². The average Bonchev–Trinajstić information content (AvgIpc) is 2.95. The van der Waals surface area contributed by atoms with E-state index in [9.17, 15) is 4.79 Å². The first-order valence-electron chi connectivity index (χ1n) is 6.71. The Kier molecular flexibility index (Phi) is 4.68. The van der Waals surface area contributed by atoms with Crippen LogP contribution >= 0.6 is 0 Å². The Morgan fingerprint density at radius 2 is 2.32 bits per heavy atom. The molecule has 1 fully saturated rings. The Balaban J connectivity index is 2.04. The highest BCUT2D eigenvalue weighted by molar-refractivity contribution is 5.85. The summed E-state index contributed by atoms with van der Waals surface area (Å²) in [5.41, 5.74) is 0. The van der Waals surface area contributed by atoms with Gasteiger partial charge in [0, 0.05) is 18.9 Å². The molecule has 0 bridgehead atoms. The van der Waals surface area contributed by atoms with Crippen LogP contribution in [0.25, 0.3) is 0 Å². The highest BCUT2D eigenvalue weighted by Crippen LogP contribution is 2.22. The molecule has 104 valence electrons.